The van der Waals surface area contributed by atoms with Gasteiger partial charge in [0.05, 0.1) is 19.4 Å². The lowest BCUT2D eigenvalue weighted by Gasteiger charge is -2.29. The number of carbonyl (C=O) groups is 1. The summed E-state index contributed by atoms with van der Waals surface area (Å²) in [7, 11) is 0. The average Bonchev–Trinajstić information content (AvgIpc) is 3.22. The van der Waals surface area contributed by atoms with Crippen LogP contribution in [0.25, 0.3) is 11.0 Å². The summed E-state index contributed by atoms with van der Waals surface area (Å²) in [5.74, 6) is 1.32. The van der Waals surface area contributed by atoms with Crippen LogP contribution in [-0.2, 0) is 29.0 Å². The van der Waals surface area contributed by atoms with Crippen LogP contribution in [0.4, 0.5) is 0 Å². The van der Waals surface area contributed by atoms with E-state index >= 15 is 0 Å². The fraction of sp³-hybridized carbons (Fsp3) is 0.391. The molecule has 3 aromatic rings. The molecule has 7 nitrogen and oxygen atoms in total. The molecule has 3 heterocycles. The summed E-state index contributed by atoms with van der Waals surface area (Å²) in [6, 6.07) is 5.84. The van der Waals surface area contributed by atoms with Crippen LogP contribution in [-0.4, -0.2) is 24.2 Å². The summed E-state index contributed by atoms with van der Waals surface area (Å²) in [5, 5.41) is 0.869. The van der Waals surface area contributed by atoms with Gasteiger partial charge in [-0.05, 0) is 51.0 Å². The highest BCUT2D eigenvalue weighted by molar-refractivity contribution is 5.87. The quantitative estimate of drug-likeness (QED) is 0.450. The van der Waals surface area contributed by atoms with Gasteiger partial charge in [-0.3, -0.25) is 9.69 Å². The van der Waals surface area contributed by atoms with Gasteiger partial charge in [-0.1, -0.05) is 0 Å². The number of nitrogens with zero attached hydrogens (tertiary/aromatic N) is 1. The molecule has 0 saturated carbocycles. The van der Waals surface area contributed by atoms with Crippen LogP contribution in [0.5, 0.6) is 5.75 Å². The minimum atomic E-state index is -0.414. The van der Waals surface area contributed by atoms with Crippen LogP contribution in [0.15, 0.2) is 38.1 Å². The number of furan rings is 1. The zero-order valence-electron chi connectivity index (χ0n) is 17.4. The monoisotopic (exact) mass is 411 g/mol. The number of fused-ring (bicyclic) bond motifs is 2. The van der Waals surface area contributed by atoms with Crippen molar-refractivity contribution in [3.63, 3.8) is 0 Å². The van der Waals surface area contributed by atoms with Crippen molar-refractivity contribution in [3.8, 4) is 5.75 Å². The van der Waals surface area contributed by atoms with Gasteiger partial charge in [0.2, 0.25) is 0 Å². The minimum Gasteiger partial charge on any atom is -0.477 e. The predicted molar refractivity (Wildman–Crippen MR) is 110 cm³/mol. The van der Waals surface area contributed by atoms with E-state index in [1.54, 1.807) is 13.2 Å². The van der Waals surface area contributed by atoms with Gasteiger partial charge < -0.3 is 18.3 Å². The van der Waals surface area contributed by atoms with E-state index in [4.69, 9.17) is 18.3 Å². The van der Waals surface area contributed by atoms with Crippen molar-refractivity contribution in [1.29, 1.82) is 0 Å². The second-order valence-electron chi connectivity index (χ2n) is 7.50. The van der Waals surface area contributed by atoms with Gasteiger partial charge in [-0.25, -0.2) is 4.79 Å². The maximum atomic E-state index is 12.6. The van der Waals surface area contributed by atoms with Crippen molar-refractivity contribution in [3.05, 3.63) is 62.9 Å². The summed E-state index contributed by atoms with van der Waals surface area (Å²) >= 11 is 0. The largest absolute Gasteiger partial charge is 0.477 e. The van der Waals surface area contributed by atoms with Crippen LogP contribution in [0.3, 0.4) is 0 Å². The number of hydrogen-bond acceptors (Lipinski definition) is 7. The SMILES string of the molecule is CCOC(=O)CCc1c(C)c2cc3c(c(C)c2oc1=O)OCN(Cc1ccco1)C3. The molecule has 0 N–H and O–H groups in total. The van der Waals surface area contributed by atoms with E-state index in [9.17, 15) is 9.59 Å². The van der Waals surface area contributed by atoms with Gasteiger partial charge in [0.15, 0.2) is 0 Å². The molecule has 0 radical (unpaired) electrons. The Bertz CT molecular complexity index is 1130. The number of hydrogen-bond donors (Lipinski definition) is 0. The Balaban J connectivity index is 1.67. The molecule has 0 aliphatic carbocycles. The lowest BCUT2D eigenvalue weighted by Crippen LogP contribution is -2.31. The molecule has 0 saturated heterocycles. The Morgan fingerprint density at radius 2 is 2.10 bits per heavy atom. The summed E-state index contributed by atoms with van der Waals surface area (Å²) in [5.41, 5.74) is 3.32. The van der Waals surface area contributed by atoms with Crippen molar-refractivity contribution < 1.29 is 23.1 Å². The summed E-state index contributed by atoms with van der Waals surface area (Å²) in [4.78, 5) is 26.5. The maximum absolute atomic E-state index is 12.6. The standard InChI is InChI=1S/C23H25NO6/c1-4-27-20(25)8-7-18-14(2)19-10-16-11-24(12-17-6-5-9-28-17)13-29-21(16)15(3)22(19)30-23(18)26/h5-6,9-10H,4,7-8,11-13H2,1-3H3. The molecule has 30 heavy (non-hydrogen) atoms. The third-order valence-corrected chi connectivity index (χ3v) is 5.46. The van der Waals surface area contributed by atoms with Gasteiger partial charge in [0, 0.05) is 35.0 Å². The van der Waals surface area contributed by atoms with Crippen molar-refractivity contribution in [2.24, 2.45) is 0 Å². The van der Waals surface area contributed by atoms with E-state index in [1.807, 2.05) is 32.0 Å². The average molecular weight is 411 g/mol. The molecule has 0 spiro atoms. The van der Waals surface area contributed by atoms with Gasteiger partial charge in [0.25, 0.3) is 0 Å². The molecule has 0 amide bonds. The van der Waals surface area contributed by atoms with Crippen LogP contribution in [0, 0.1) is 13.8 Å². The summed E-state index contributed by atoms with van der Waals surface area (Å²) in [6.45, 7) is 7.67. The number of esters is 1. The molecule has 0 atom stereocenters. The normalized spacial score (nSPS) is 13.8. The van der Waals surface area contributed by atoms with E-state index in [0.29, 0.717) is 44.0 Å². The first-order chi connectivity index (χ1) is 14.5. The Hall–Kier alpha value is -3.06. The van der Waals surface area contributed by atoms with Crippen molar-refractivity contribution in [1.82, 2.24) is 4.90 Å². The molecule has 0 fully saturated rings. The van der Waals surface area contributed by atoms with Gasteiger partial charge in [0.1, 0.15) is 23.8 Å². The first-order valence-electron chi connectivity index (χ1n) is 10.1. The maximum Gasteiger partial charge on any atom is 0.339 e. The van der Waals surface area contributed by atoms with E-state index in [0.717, 1.165) is 33.6 Å². The molecule has 2 aromatic heterocycles. The lowest BCUT2D eigenvalue weighted by atomic mass is 9.97. The third-order valence-electron chi connectivity index (χ3n) is 5.46. The molecule has 1 aliphatic heterocycles. The van der Waals surface area contributed by atoms with Crippen LogP contribution < -0.4 is 10.4 Å². The van der Waals surface area contributed by atoms with Crippen molar-refractivity contribution in [2.75, 3.05) is 13.3 Å². The van der Waals surface area contributed by atoms with Gasteiger partial charge >= 0.3 is 11.6 Å². The second kappa shape index (κ2) is 8.36. The van der Waals surface area contributed by atoms with Gasteiger partial charge in [-0.15, -0.1) is 0 Å². The first kappa shape index (κ1) is 20.2. The minimum absolute atomic E-state index is 0.148. The Morgan fingerprint density at radius 3 is 2.83 bits per heavy atom. The van der Waals surface area contributed by atoms with E-state index in [2.05, 4.69) is 4.90 Å². The van der Waals surface area contributed by atoms with E-state index in [1.165, 1.54) is 0 Å². The Labute approximate surface area is 174 Å². The van der Waals surface area contributed by atoms with Crippen LogP contribution in [0.1, 0.15) is 41.4 Å². The highest BCUT2D eigenvalue weighted by Gasteiger charge is 2.24. The Kier molecular flexibility index (Phi) is 5.63. The van der Waals surface area contributed by atoms with Crippen molar-refractivity contribution >= 4 is 16.9 Å². The van der Waals surface area contributed by atoms with E-state index in [-0.39, 0.29) is 12.4 Å². The molecule has 1 aromatic carbocycles. The lowest BCUT2D eigenvalue weighted by molar-refractivity contribution is -0.143. The zero-order chi connectivity index (χ0) is 21.3. The topological polar surface area (TPSA) is 82.1 Å². The number of carbonyl (C=O) groups excluding carboxylic acids is 1. The summed E-state index contributed by atoms with van der Waals surface area (Å²) < 4.78 is 22.1. The molecule has 7 heteroatoms. The molecule has 0 bridgehead atoms. The van der Waals surface area contributed by atoms with Crippen LogP contribution in [0.2, 0.25) is 0 Å². The molecular formula is C23H25NO6. The highest BCUT2D eigenvalue weighted by Crippen LogP contribution is 2.36. The second-order valence-corrected chi connectivity index (χ2v) is 7.50. The fourth-order valence-electron chi connectivity index (χ4n) is 3.97. The molecule has 0 unspecified atom stereocenters. The van der Waals surface area contributed by atoms with Crippen LogP contribution >= 0.6 is 0 Å². The molecule has 1 aliphatic rings. The molecule has 158 valence electrons. The molecule has 4 rings (SSSR count). The third kappa shape index (κ3) is 3.85. The number of benzene rings is 1. The highest BCUT2D eigenvalue weighted by atomic mass is 16.5. The zero-order valence-corrected chi connectivity index (χ0v) is 17.4. The van der Waals surface area contributed by atoms with Crippen molar-refractivity contribution in [2.45, 2.75) is 46.7 Å². The summed E-state index contributed by atoms with van der Waals surface area (Å²) in [6.07, 6.45) is 2.10. The van der Waals surface area contributed by atoms with Gasteiger partial charge in [-0.2, -0.15) is 0 Å². The first-order valence-corrected chi connectivity index (χ1v) is 10.1. The predicted octanol–water partition coefficient (Wildman–Crippen LogP) is 3.85. The number of aryl methyl sites for hydroxylation is 2. The Morgan fingerprint density at radius 1 is 1.27 bits per heavy atom. The number of ether oxygens (including phenoxy) is 2. The smallest absolute Gasteiger partial charge is 0.339 e. The fourth-order valence-corrected chi connectivity index (χ4v) is 3.97. The molecular weight excluding hydrogens is 386 g/mol. The number of rotatable bonds is 6. The van der Waals surface area contributed by atoms with E-state index < -0.39 is 5.63 Å².